The Hall–Kier alpha value is -4.31. The molecule has 1 aliphatic rings. The fourth-order valence-electron chi connectivity index (χ4n) is 4.51. The van der Waals surface area contributed by atoms with E-state index in [-0.39, 0.29) is 45.6 Å². The van der Waals surface area contributed by atoms with Crippen LogP contribution in [0.15, 0.2) is 52.4 Å². The summed E-state index contributed by atoms with van der Waals surface area (Å²) in [4.78, 5) is 30.4. The molecule has 0 saturated carbocycles. The second kappa shape index (κ2) is 11.4. The van der Waals surface area contributed by atoms with E-state index < -0.39 is 18.3 Å². The van der Waals surface area contributed by atoms with Gasteiger partial charge in [-0.1, -0.05) is 32.9 Å². The van der Waals surface area contributed by atoms with E-state index in [4.69, 9.17) is 10.1 Å². The zero-order chi connectivity index (χ0) is 29.2. The third-order valence-electron chi connectivity index (χ3n) is 6.79. The monoisotopic (exact) mass is 547 g/mol. The maximum atomic E-state index is 15.2. The minimum absolute atomic E-state index is 0.0315. The van der Waals surface area contributed by atoms with E-state index >= 15 is 4.39 Å². The number of aliphatic hydroxyl groups excluding tert-OH is 1. The Morgan fingerprint density at radius 1 is 1.27 bits per heavy atom. The molecule has 0 bridgehead atoms. The van der Waals surface area contributed by atoms with Crippen LogP contribution >= 0.6 is 0 Å². The third kappa shape index (κ3) is 5.96. The van der Waals surface area contributed by atoms with Gasteiger partial charge in [0.25, 0.3) is 17.5 Å². The number of aliphatic hydroxyl groups is 1. The molecule has 1 unspecified atom stereocenters. The summed E-state index contributed by atoms with van der Waals surface area (Å²) in [5.41, 5.74) is 1.94. The number of aromatic nitrogens is 1. The molecule has 4 rings (SSSR count). The highest BCUT2D eigenvalue weighted by Crippen LogP contribution is 2.32. The maximum absolute atomic E-state index is 15.2. The van der Waals surface area contributed by atoms with Gasteiger partial charge in [0.15, 0.2) is 0 Å². The van der Waals surface area contributed by atoms with Gasteiger partial charge in [0.1, 0.15) is 17.6 Å². The van der Waals surface area contributed by atoms with Crippen LogP contribution in [0.4, 0.5) is 15.8 Å². The highest BCUT2D eigenvalue weighted by molar-refractivity contribution is 6.10. The van der Waals surface area contributed by atoms with Crippen molar-refractivity contribution in [2.75, 3.05) is 17.2 Å². The largest absolute Gasteiger partial charge is 0.462 e. The van der Waals surface area contributed by atoms with E-state index in [0.29, 0.717) is 28.8 Å². The number of amidine groups is 1. The molecule has 9 nitrogen and oxygen atoms in total. The molecule has 1 aliphatic heterocycles. The molecule has 2 heterocycles. The average Bonchev–Trinajstić information content (AvgIpc) is 2.89. The Kier molecular flexibility index (Phi) is 8.20. The average molecular weight is 548 g/mol. The van der Waals surface area contributed by atoms with Crippen LogP contribution in [0.1, 0.15) is 61.2 Å². The van der Waals surface area contributed by atoms with Gasteiger partial charge in [-0.05, 0) is 47.7 Å². The number of hydrogen-bond donors (Lipinski definition) is 4. The lowest BCUT2D eigenvalue weighted by Crippen LogP contribution is -2.30. The Morgan fingerprint density at radius 2 is 2.02 bits per heavy atom. The number of pyridine rings is 1. The zero-order valence-electron chi connectivity index (χ0n) is 23.3. The van der Waals surface area contributed by atoms with Crippen LogP contribution in [-0.2, 0) is 23.8 Å². The summed E-state index contributed by atoms with van der Waals surface area (Å²) in [6, 6.07) is 9.88. The van der Waals surface area contributed by atoms with Crippen LogP contribution in [0, 0.1) is 11.2 Å². The number of amides is 1. The van der Waals surface area contributed by atoms with Gasteiger partial charge in [-0.3, -0.25) is 9.59 Å². The molecule has 1 atom stereocenters. The van der Waals surface area contributed by atoms with Crippen LogP contribution in [0.5, 0.6) is 0 Å². The van der Waals surface area contributed by atoms with E-state index in [1.165, 1.54) is 10.6 Å². The molecule has 10 heteroatoms. The number of carbonyl (C=O) groups excluding carboxylic acids is 1. The maximum Gasteiger partial charge on any atom is 0.289 e. The van der Waals surface area contributed by atoms with Crippen LogP contribution in [0.2, 0.25) is 0 Å². The first-order valence-corrected chi connectivity index (χ1v) is 13.0. The van der Waals surface area contributed by atoms with Gasteiger partial charge in [-0.15, -0.1) is 0 Å². The highest BCUT2D eigenvalue weighted by Gasteiger charge is 2.23. The summed E-state index contributed by atoms with van der Waals surface area (Å²) < 4.78 is 22.3. The molecular formula is C30H34FN5O4. The summed E-state index contributed by atoms with van der Waals surface area (Å²) in [6.45, 7) is 7.83. The Morgan fingerprint density at radius 3 is 2.67 bits per heavy atom. The predicted molar refractivity (Wildman–Crippen MR) is 155 cm³/mol. The van der Waals surface area contributed by atoms with Gasteiger partial charge >= 0.3 is 0 Å². The van der Waals surface area contributed by atoms with Gasteiger partial charge in [0.2, 0.25) is 0 Å². The number of aryl methyl sites for hydroxylation is 1. The summed E-state index contributed by atoms with van der Waals surface area (Å²) in [5.74, 6) is -1.48. The van der Waals surface area contributed by atoms with Crippen molar-refractivity contribution in [1.29, 1.82) is 5.41 Å². The predicted octanol–water partition coefficient (Wildman–Crippen LogP) is 4.81. The van der Waals surface area contributed by atoms with Crippen molar-refractivity contribution in [3.63, 3.8) is 0 Å². The molecule has 0 saturated heterocycles. The van der Waals surface area contributed by atoms with E-state index in [9.17, 15) is 14.7 Å². The summed E-state index contributed by atoms with van der Waals surface area (Å²) in [7, 11) is 1.61. The first kappa shape index (κ1) is 28.7. The number of hydrogen-bond acceptors (Lipinski definition) is 7. The number of anilines is 2. The van der Waals surface area contributed by atoms with Gasteiger partial charge in [0.05, 0.1) is 12.2 Å². The summed E-state index contributed by atoms with van der Waals surface area (Å²) in [6.07, 6.45) is 3.33. The standard InChI is InChI=1S/C30H34FN5O4/c1-17-9-10-33-29(40-17)35-25-12-19(15-36(5)28(25)39)21-7-6-8-24(22(21)16-37)34-27(38)26-18(14-32)11-20(13-23(26)31)30(2,3)4/h6-8,11-15,17,32,37H,9-10,16H2,1-5H3,(H,33,35)(H,34,38). The van der Waals surface area contributed by atoms with Crippen molar-refractivity contribution < 1.29 is 19.0 Å². The van der Waals surface area contributed by atoms with Gasteiger partial charge in [-0.25, -0.2) is 9.38 Å². The molecule has 0 radical (unpaired) electrons. The van der Waals surface area contributed by atoms with Crippen molar-refractivity contribution in [1.82, 2.24) is 4.57 Å². The second-order valence-electron chi connectivity index (χ2n) is 10.8. The van der Waals surface area contributed by atoms with Crippen molar-refractivity contribution in [2.24, 2.45) is 12.0 Å². The number of ether oxygens (including phenoxy) is 1. The van der Waals surface area contributed by atoms with E-state index in [1.54, 1.807) is 43.6 Å². The van der Waals surface area contributed by atoms with E-state index in [1.807, 2.05) is 27.7 Å². The minimum atomic E-state index is -0.743. The molecule has 4 N–H and O–H groups in total. The van der Waals surface area contributed by atoms with Crippen molar-refractivity contribution in [3.8, 4) is 11.1 Å². The van der Waals surface area contributed by atoms with Crippen LogP contribution in [0.25, 0.3) is 11.1 Å². The number of rotatable bonds is 6. The second-order valence-corrected chi connectivity index (χ2v) is 10.8. The Labute approximate surface area is 232 Å². The lowest BCUT2D eigenvalue weighted by atomic mass is 9.85. The molecule has 40 heavy (non-hydrogen) atoms. The van der Waals surface area contributed by atoms with Crippen molar-refractivity contribution in [3.05, 3.63) is 81.0 Å². The minimum Gasteiger partial charge on any atom is -0.462 e. The topological polar surface area (TPSA) is 129 Å². The van der Waals surface area contributed by atoms with Gasteiger partial charge in [-0.2, -0.15) is 0 Å². The van der Waals surface area contributed by atoms with Gasteiger partial charge in [0, 0.05) is 54.8 Å². The fraction of sp³-hybridized carbons (Fsp3) is 0.333. The third-order valence-corrected chi connectivity index (χ3v) is 6.79. The van der Waals surface area contributed by atoms with Crippen LogP contribution in [-0.4, -0.2) is 40.5 Å². The molecule has 0 aliphatic carbocycles. The van der Waals surface area contributed by atoms with E-state index in [2.05, 4.69) is 15.6 Å². The van der Waals surface area contributed by atoms with E-state index in [0.717, 1.165) is 12.6 Å². The number of nitrogens with one attached hydrogen (secondary N) is 3. The normalized spacial score (nSPS) is 15.2. The van der Waals surface area contributed by atoms with Crippen molar-refractivity contribution >= 4 is 29.5 Å². The lowest BCUT2D eigenvalue weighted by molar-refractivity contribution is 0.102. The number of benzene rings is 2. The highest BCUT2D eigenvalue weighted by atomic mass is 19.1. The van der Waals surface area contributed by atoms with Crippen LogP contribution < -0.4 is 16.2 Å². The summed E-state index contributed by atoms with van der Waals surface area (Å²) in [5, 5.41) is 23.8. The number of halogens is 1. The molecule has 3 aromatic rings. The number of carbonyl (C=O) groups is 1. The molecule has 0 spiro atoms. The zero-order valence-corrected chi connectivity index (χ0v) is 23.3. The molecule has 2 aromatic carbocycles. The SMILES string of the molecule is CC1CCN=C(Nc2cc(-c3cccc(NC(=O)c4c(F)cc(C(C)(C)C)cc4C=N)c3CO)cn(C)c2=O)O1. The molecular weight excluding hydrogens is 513 g/mol. The smallest absolute Gasteiger partial charge is 0.289 e. The molecule has 210 valence electrons. The van der Waals surface area contributed by atoms with Crippen molar-refractivity contribution in [2.45, 2.75) is 52.2 Å². The Balaban J connectivity index is 1.71. The summed E-state index contributed by atoms with van der Waals surface area (Å²) >= 11 is 0. The van der Waals surface area contributed by atoms with Gasteiger partial charge < -0.3 is 30.5 Å². The first-order chi connectivity index (χ1) is 18.9. The molecule has 1 aromatic heterocycles. The van der Waals surface area contributed by atoms with Crippen LogP contribution in [0.3, 0.4) is 0 Å². The first-order valence-electron chi connectivity index (χ1n) is 13.0. The molecule has 1 amide bonds. The number of nitrogens with zero attached hydrogens (tertiary/aromatic N) is 2. The Bertz CT molecular complexity index is 1550. The fourth-order valence-corrected chi connectivity index (χ4v) is 4.51. The lowest BCUT2D eigenvalue weighted by Gasteiger charge is -2.22. The quantitative estimate of drug-likeness (QED) is 0.329. The number of aliphatic imine (C=N–C) groups is 1. The molecule has 0 fully saturated rings.